The number of amides is 2. The van der Waals surface area contributed by atoms with Gasteiger partial charge in [-0.3, -0.25) is 9.59 Å². The fourth-order valence-electron chi connectivity index (χ4n) is 2.08. The smallest absolute Gasteiger partial charge is 0.226 e. The minimum atomic E-state index is -0.410. The molecule has 4 nitrogen and oxygen atoms in total. The van der Waals surface area contributed by atoms with Gasteiger partial charge in [-0.2, -0.15) is 0 Å². The van der Waals surface area contributed by atoms with Crippen molar-refractivity contribution in [2.45, 2.75) is 13.3 Å². The number of carbonyl (C=O) groups is 2. The van der Waals surface area contributed by atoms with Gasteiger partial charge in [0.25, 0.3) is 0 Å². The summed E-state index contributed by atoms with van der Waals surface area (Å²) in [7, 11) is 0. The molecule has 114 valence electrons. The second-order valence-electron chi connectivity index (χ2n) is 4.81. The lowest BCUT2D eigenvalue weighted by atomic mass is 10.2. The van der Waals surface area contributed by atoms with E-state index in [9.17, 15) is 14.0 Å². The molecule has 2 rings (SSSR count). The zero-order valence-electron chi connectivity index (χ0n) is 12.3. The Labute approximate surface area is 128 Å². The van der Waals surface area contributed by atoms with Gasteiger partial charge in [0.05, 0.1) is 0 Å². The third-order valence-electron chi connectivity index (χ3n) is 3.12. The maximum absolute atomic E-state index is 13.1. The number of para-hydroxylation sites is 1. The number of halogens is 1. The molecule has 0 radical (unpaired) electrons. The summed E-state index contributed by atoms with van der Waals surface area (Å²) in [4.78, 5) is 25.1. The number of anilines is 2. The van der Waals surface area contributed by atoms with Crippen LogP contribution in [0.4, 0.5) is 15.8 Å². The highest BCUT2D eigenvalue weighted by atomic mass is 19.1. The molecule has 0 saturated carbocycles. The van der Waals surface area contributed by atoms with Crippen LogP contribution in [0.1, 0.15) is 13.3 Å². The average Bonchev–Trinajstić information content (AvgIpc) is 2.48. The highest BCUT2D eigenvalue weighted by molar-refractivity contribution is 5.94. The van der Waals surface area contributed by atoms with Crippen LogP contribution in [0.15, 0.2) is 54.6 Å². The Morgan fingerprint density at radius 2 is 1.82 bits per heavy atom. The van der Waals surface area contributed by atoms with Crippen molar-refractivity contribution >= 4 is 23.2 Å². The second kappa shape index (κ2) is 7.36. The minimum absolute atomic E-state index is 0.130. The van der Waals surface area contributed by atoms with Crippen LogP contribution in [0.2, 0.25) is 0 Å². The van der Waals surface area contributed by atoms with E-state index in [1.807, 2.05) is 30.3 Å². The van der Waals surface area contributed by atoms with E-state index >= 15 is 0 Å². The van der Waals surface area contributed by atoms with E-state index in [2.05, 4.69) is 5.32 Å². The first-order valence-corrected chi connectivity index (χ1v) is 6.95. The first kappa shape index (κ1) is 15.7. The minimum Gasteiger partial charge on any atom is -0.326 e. The molecule has 2 amide bonds. The predicted octanol–water partition coefficient (Wildman–Crippen LogP) is 3.21. The second-order valence-corrected chi connectivity index (χ2v) is 4.81. The summed E-state index contributed by atoms with van der Waals surface area (Å²) in [5, 5.41) is 2.61. The highest BCUT2D eigenvalue weighted by Crippen LogP contribution is 2.14. The van der Waals surface area contributed by atoms with Crippen molar-refractivity contribution in [2.75, 3.05) is 16.8 Å². The quantitative estimate of drug-likeness (QED) is 0.921. The number of hydrogen-bond acceptors (Lipinski definition) is 2. The van der Waals surface area contributed by atoms with Crippen molar-refractivity contribution in [1.82, 2.24) is 0 Å². The first-order chi connectivity index (χ1) is 10.6. The summed E-state index contributed by atoms with van der Waals surface area (Å²) >= 11 is 0. The third-order valence-corrected chi connectivity index (χ3v) is 3.12. The number of benzene rings is 2. The van der Waals surface area contributed by atoms with Crippen LogP contribution in [-0.4, -0.2) is 18.4 Å². The topological polar surface area (TPSA) is 49.4 Å². The summed E-state index contributed by atoms with van der Waals surface area (Å²) in [6, 6.07) is 14.8. The number of nitrogens with zero attached hydrogens (tertiary/aromatic N) is 1. The SMILES string of the molecule is CC(=O)N(CCC(=O)Nc1cccc(F)c1)c1ccccc1. The maximum Gasteiger partial charge on any atom is 0.226 e. The molecule has 0 bridgehead atoms. The number of carbonyl (C=O) groups excluding carboxylic acids is 2. The largest absolute Gasteiger partial charge is 0.326 e. The van der Waals surface area contributed by atoms with Gasteiger partial charge >= 0.3 is 0 Å². The summed E-state index contributed by atoms with van der Waals surface area (Å²) < 4.78 is 13.1. The molecule has 0 aliphatic heterocycles. The summed E-state index contributed by atoms with van der Waals surface area (Å²) in [5.41, 5.74) is 1.15. The highest BCUT2D eigenvalue weighted by Gasteiger charge is 2.13. The first-order valence-electron chi connectivity index (χ1n) is 6.95. The lowest BCUT2D eigenvalue weighted by molar-refractivity contribution is -0.117. The Balaban J connectivity index is 1.95. The Morgan fingerprint density at radius 1 is 1.09 bits per heavy atom. The van der Waals surface area contributed by atoms with Crippen LogP contribution in [0.3, 0.4) is 0 Å². The molecule has 0 atom stereocenters. The Hall–Kier alpha value is -2.69. The zero-order chi connectivity index (χ0) is 15.9. The number of hydrogen-bond donors (Lipinski definition) is 1. The Kier molecular flexibility index (Phi) is 5.25. The summed E-state index contributed by atoms with van der Waals surface area (Å²) in [5.74, 6) is -0.815. The van der Waals surface area contributed by atoms with Crippen molar-refractivity contribution < 1.29 is 14.0 Å². The van der Waals surface area contributed by atoms with Gasteiger partial charge in [0.2, 0.25) is 11.8 Å². The fraction of sp³-hybridized carbons (Fsp3) is 0.176. The standard InChI is InChI=1S/C17H17FN2O2/c1-13(21)20(16-8-3-2-4-9-16)11-10-17(22)19-15-7-5-6-14(18)12-15/h2-9,12H,10-11H2,1H3,(H,19,22). The van der Waals surface area contributed by atoms with Crippen LogP contribution in [-0.2, 0) is 9.59 Å². The van der Waals surface area contributed by atoms with Gasteiger partial charge in [-0.25, -0.2) is 4.39 Å². The van der Waals surface area contributed by atoms with E-state index in [4.69, 9.17) is 0 Å². The molecule has 0 saturated heterocycles. The van der Waals surface area contributed by atoms with Crippen LogP contribution < -0.4 is 10.2 Å². The van der Waals surface area contributed by atoms with Crippen molar-refractivity contribution in [1.29, 1.82) is 0 Å². The molecule has 0 fully saturated rings. The van der Waals surface area contributed by atoms with E-state index in [0.717, 1.165) is 5.69 Å². The van der Waals surface area contributed by atoms with Crippen molar-refractivity contribution in [2.24, 2.45) is 0 Å². The van der Waals surface area contributed by atoms with Gasteiger partial charge in [0.15, 0.2) is 0 Å². The van der Waals surface area contributed by atoms with Crippen LogP contribution in [0, 0.1) is 5.82 Å². The van der Waals surface area contributed by atoms with Crippen molar-refractivity contribution in [3.8, 4) is 0 Å². The number of rotatable bonds is 5. The fourth-order valence-corrected chi connectivity index (χ4v) is 2.08. The molecular weight excluding hydrogens is 283 g/mol. The summed E-state index contributed by atoms with van der Waals surface area (Å²) in [6.07, 6.45) is 0.130. The molecule has 5 heteroatoms. The van der Waals surface area contributed by atoms with Gasteiger partial charge in [0.1, 0.15) is 5.82 Å². The lowest BCUT2D eigenvalue weighted by Gasteiger charge is -2.20. The molecule has 0 aliphatic rings. The summed E-state index contributed by atoms with van der Waals surface area (Å²) in [6.45, 7) is 1.72. The molecule has 22 heavy (non-hydrogen) atoms. The molecule has 0 spiro atoms. The number of nitrogens with one attached hydrogen (secondary N) is 1. The average molecular weight is 300 g/mol. The van der Waals surface area contributed by atoms with E-state index in [0.29, 0.717) is 5.69 Å². The molecule has 2 aromatic rings. The molecule has 0 heterocycles. The van der Waals surface area contributed by atoms with Crippen molar-refractivity contribution in [3.63, 3.8) is 0 Å². The normalized spacial score (nSPS) is 10.1. The van der Waals surface area contributed by atoms with E-state index in [1.165, 1.54) is 30.0 Å². The molecular formula is C17H17FN2O2. The van der Waals surface area contributed by atoms with Crippen LogP contribution in [0.5, 0.6) is 0 Å². The molecule has 0 aliphatic carbocycles. The van der Waals surface area contributed by atoms with Gasteiger partial charge < -0.3 is 10.2 Å². The predicted molar refractivity (Wildman–Crippen MR) is 84.1 cm³/mol. The third kappa shape index (κ3) is 4.41. The molecule has 0 aromatic heterocycles. The Bertz CT molecular complexity index is 659. The van der Waals surface area contributed by atoms with Crippen LogP contribution in [0.25, 0.3) is 0 Å². The van der Waals surface area contributed by atoms with E-state index < -0.39 is 5.82 Å². The van der Waals surface area contributed by atoms with Crippen LogP contribution >= 0.6 is 0 Å². The van der Waals surface area contributed by atoms with Gasteiger partial charge in [-0.1, -0.05) is 24.3 Å². The van der Waals surface area contributed by atoms with Gasteiger partial charge in [-0.05, 0) is 30.3 Å². The van der Waals surface area contributed by atoms with Gasteiger partial charge in [0, 0.05) is 31.3 Å². The van der Waals surface area contributed by atoms with Gasteiger partial charge in [-0.15, -0.1) is 0 Å². The molecule has 0 unspecified atom stereocenters. The Morgan fingerprint density at radius 3 is 2.45 bits per heavy atom. The molecule has 1 N–H and O–H groups in total. The maximum atomic E-state index is 13.1. The van der Waals surface area contributed by atoms with E-state index in [-0.39, 0.29) is 24.8 Å². The van der Waals surface area contributed by atoms with E-state index in [1.54, 1.807) is 6.07 Å². The van der Waals surface area contributed by atoms with Crippen molar-refractivity contribution in [3.05, 3.63) is 60.4 Å². The lowest BCUT2D eigenvalue weighted by Crippen LogP contribution is -2.31. The molecule has 2 aromatic carbocycles. The zero-order valence-corrected chi connectivity index (χ0v) is 12.3. The monoisotopic (exact) mass is 300 g/mol.